The molecule has 2 atom stereocenters. The van der Waals surface area contributed by atoms with Crippen molar-refractivity contribution in [2.24, 2.45) is 0 Å². The molecule has 2 aromatic rings. The molecule has 0 aliphatic heterocycles. The molecule has 1 aromatic carbocycles. The number of nitrogens with one attached hydrogen (secondary N) is 1. The molecule has 1 N–H and O–H groups in total. The predicted octanol–water partition coefficient (Wildman–Crippen LogP) is 4.72. The fourth-order valence-corrected chi connectivity index (χ4v) is 2.52. The third-order valence-electron chi connectivity index (χ3n) is 3.51. The van der Waals surface area contributed by atoms with E-state index in [-0.39, 0.29) is 11.1 Å². The van der Waals surface area contributed by atoms with Crippen molar-refractivity contribution in [3.8, 4) is 0 Å². The number of pyridine rings is 1. The molecule has 1 heterocycles. The van der Waals surface area contributed by atoms with Gasteiger partial charge in [0.1, 0.15) is 5.82 Å². The summed E-state index contributed by atoms with van der Waals surface area (Å²) in [5.74, 6) is 0.652. The summed E-state index contributed by atoms with van der Waals surface area (Å²) in [4.78, 5) is 3.79. The summed E-state index contributed by atoms with van der Waals surface area (Å²) in [6, 6.07) is 11.0. The molecule has 1 aromatic heterocycles. The lowest BCUT2D eigenvalue weighted by molar-refractivity contribution is -0.137. The zero-order chi connectivity index (χ0) is 15.0. The molecule has 0 spiro atoms. The summed E-state index contributed by atoms with van der Waals surface area (Å²) < 4.78 is 37.6. The van der Waals surface area contributed by atoms with Crippen LogP contribution in [0.5, 0.6) is 0 Å². The quantitative estimate of drug-likeness (QED) is 0.887. The van der Waals surface area contributed by atoms with Crippen molar-refractivity contribution in [2.75, 3.05) is 5.32 Å². The highest BCUT2D eigenvalue weighted by atomic mass is 35.5. The number of nitrogens with zero attached hydrogens (tertiary/aromatic N) is 1. The summed E-state index contributed by atoms with van der Waals surface area (Å²) in [6.07, 6.45) is -2.71. The molecular weight excluding hydrogens is 301 g/mol. The lowest BCUT2D eigenvalue weighted by atomic mass is 10.1. The Bertz CT molecular complexity index is 643. The predicted molar refractivity (Wildman–Crippen MR) is 75.5 cm³/mol. The van der Waals surface area contributed by atoms with Gasteiger partial charge in [0, 0.05) is 18.2 Å². The van der Waals surface area contributed by atoms with E-state index in [0.717, 1.165) is 18.7 Å². The Morgan fingerprint density at radius 2 is 1.90 bits per heavy atom. The van der Waals surface area contributed by atoms with Crippen LogP contribution in [0.2, 0.25) is 5.02 Å². The number of hydrogen-bond acceptors (Lipinski definition) is 2. The molecular formula is C15H12ClF3N2. The average Bonchev–Trinajstić information content (AvgIpc) is 3.20. The average molecular weight is 313 g/mol. The van der Waals surface area contributed by atoms with Gasteiger partial charge in [-0.1, -0.05) is 41.9 Å². The minimum atomic E-state index is -4.43. The van der Waals surface area contributed by atoms with Crippen molar-refractivity contribution in [2.45, 2.75) is 24.6 Å². The molecule has 1 aliphatic rings. The molecule has 21 heavy (non-hydrogen) atoms. The summed E-state index contributed by atoms with van der Waals surface area (Å²) in [7, 11) is 0. The maximum atomic E-state index is 12.5. The van der Waals surface area contributed by atoms with Gasteiger partial charge < -0.3 is 5.32 Å². The second-order valence-corrected chi connectivity index (χ2v) is 5.46. The van der Waals surface area contributed by atoms with E-state index in [1.807, 2.05) is 30.3 Å². The summed E-state index contributed by atoms with van der Waals surface area (Å²) >= 11 is 5.88. The lowest BCUT2D eigenvalue weighted by Crippen LogP contribution is -2.09. The second-order valence-electron chi connectivity index (χ2n) is 5.06. The number of hydrogen-bond donors (Lipinski definition) is 1. The van der Waals surface area contributed by atoms with Gasteiger partial charge in [0.05, 0.1) is 10.6 Å². The maximum Gasteiger partial charge on any atom is 0.417 e. The van der Waals surface area contributed by atoms with Gasteiger partial charge in [0.2, 0.25) is 0 Å². The molecule has 3 rings (SSSR count). The minimum Gasteiger partial charge on any atom is -0.365 e. The molecule has 110 valence electrons. The van der Waals surface area contributed by atoms with E-state index in [4.69, 9.17) is 11.6 Å². The van der Waals surface area contributed by atoms with Crippen LogP contribution in [0.25, 0.3) is 0 Å². The fraction of sp³-hybridized carbons (Fsp3) is 0.267. The minimum absolute atomic E-state index is 0.0106. The Labute approximate surface area is 125 Å². The lowest BCUT2D eigenvalue weighted by Gasteiger charge is -2.10. The van der Waals surface area contributed by atoms with Crippen molar-refractivity contribution in [1.82, 2.24) is 4.98 Å². The van der Waals surface area contributed by atoms with Crippen LogP contribution in [0.15, 0.2) is 42.6 Å². The summed E-state index contributed by atoms with van der Waals surface area (Å²) in [5, 5.41) is 3.09. The highest BCUT2D eigenvalue weighted by Gasteiger charge is 2.39. The van der Waals surface area contributed by atoms with Gasteiger partial charge in [0.25, 0.3) is 0 Å². The molecule has 1 aliphatic carbocycles. The van der Waals surface area contributed by atoms with Gasteiger partial charge in [-0.05, 0) is 18.1 Å². The maximum absolute atomic E-state index is 12.5. The smallest absolute Gasteiger partial charge is 0.365 e. The Balaban J connectivity index is 1.70. The van der Waals surface area contributed by atoms with E-state index in [1.54, 1.807) is 0 Å². The van der Waals surface area contributed by atoms with Gasteiger partial charge in [-0.2, -0.15) is 13.2 Å². The van der Waals surface area contributed by atoms with Crippen molar-refractivity contribution >= 4 is 17.4 Å². The Kier molecular flexibility index (Phi) is 3.53. The van der Waals surface area contributed by atoms with E-state index in [9.17, 15) is 13.2 Å². The Morgan fingerprint density at radius 3 is 2.52 bits per heavy atom. The first-order valence-electron chi connectivity index (χ1n) is 6.49. The molecule has 1 saturated carbocycles. The van der Waals surface area contributed by atoms with E-state index in [1.165, 1.54) is 5.56 Å². The van der Waals surface area contributed by atoms with Crippen molar-refractivity contribution in [1.29, 1.82) is 0 Å². The van der Waals surface area contributed by atoms with Gasteiger partial charge in [0.15, 0.2) is 0 Å². The van der Waals surface area contributed by atoms with Crippen LogP contribution in [-0.2, 0) is 6.18 Å². The van der Waals surface area contributed by atoms with Crippen LogP contribution in [0.3, 0.4) is 0 Å². The third-order valence-corrected chi connectivity index (χ3v) is 3.80. The van der Waals surface area contributed by atoms with Gasteiger partial charge in [-0.3, -0.25) is 0 Å². The monoisotopic (exact) mass is 312 g/mol. The number of aromatic nitrogens is 1. The first kappa shape index (κ1) is 14.2. The van der Waals surface area contributed by atoms with E-state index >= 15 is 0 Å². The van der Waals surface area contributed by atoms with Gasteiger partial charge in [-0.25, -0.2) is 4.98 Å². The van der Waals surface area contributed by atoms with Gasteiger partial charge in [-0.15, -0.1) is 0 Å². The second kappa shape index (κ2) is 5.22. The van der Waals surface area contributed by atoms with Crippen LogP contribution >= 0.6 is 11.6 Å². The summed E-state index contributed by atoms with van der Waals surface area (Å²) in [5.41, 5.74) is 0.367. The van der Waals surface area contributed by atoms with Crippen LogP contribution < -0.4 is 5.32 Å². The van der Waals surface area contributed by atoms with E-state index < -0.39 is 11.7 Å². The molecule has 2 nitrogen and oxygen atoms in total. The molecule has 0 amide bonds. The summed E-state index contributed by atoms with van der Waals surface area (Å²) in [6.45, 7) is 0. The number of benzene rings is 1. The normalized spacial score (nSPS) is 21.1. The SMILES string of the molecule is FC(F)(F)c1cnc(NC2CC2c2ccccc2)c(Cl)c1. The topological polar surface area (TPSA) is 24.9 Å². The zero-order valence-electron chi connectivity index (χ0n) is 10.9. The molecule has 1 fully saturated rings. The molecule has 0 saturated heterocycles. The van der Waals surface area contributed by atoms with Crippen LogP contribution in [0, 0.1) is 0 Å². The number of rotatable bonds is 3. The van der Waals surface area contributed by atoms with Gasteiger partial charge >= 0.3 is 6.18 Å². The molecule has 0 bridgehead atoms. The van der Waals surface area contributed by atoms with Crippen LogP contribution in [0.4, 0.5) is 19.0 Å². The zero-order valence-corrected chi connectivity index (χ0v) is 11.6. The fourth-order valence-electron chi connectivity index (χ4n) is 2.30. The number of anilines is 1. The molecule has 2 unspecified atom stereocenters. The van der Waals surface area contributed by atoms with E-state index in [2.05, 4.69) is 10.3 Å². The number of alkyl halides is 3. The number of halogens is 4. The largest absolute Gasteiger partial charge is 0.417 e. The standard InChI is InChI=1S/C15H12ClF3N2/c16-12-6-10(15(17,18)19)8-20-14(12)21-13-7-11(13)9-4-2-1-3-5-9/h1-6,8,11,13H,7H2,(H,20,21). The van der Waals surface area contributed by atoms with E-state index in [0.29, 0.717) is 11.7 Å². The van der Waals surface area contributed by atoms with Crippen molar-refractivity contribution < 1.29 is 13.2 Å². The van der Waals surface area contributed by atoms with Crippen LogP contribution in [-0.4, -0.2) is 11.0 Å². The van der Waals surface area contributed by atoms with Crippen molar-refractivity contribution in [3.05, 3.63) is 58.7 Å². The third kappa shape index (κ3) is 3.13. The molecule has 6 heteroatoms. The first-order chi connectivity index (χ1) is 9.95. The Hall–Kier alpha value is -1.75. The van der Waals surface area contributed by atoms with Crippen molar-refractivity contribution in [3.63, 3.8) is 0 Å². The van der Waals surface area contributed by atoms with Crippen LogP contribution in [0.1, 0.15) is 23.5 Å². The highest BCUT2D eigenvalue weighted by Crippen LogP contribution is 2.43. The first-order valence-corrected chi connectivity index (χ1v) is 6.87. The highest BCUT2D eigenvalue weighted by molar-refractivity contribution is 6.33. The molecule has 0 radical (unpaired) electrons. The Morgan fingerprint density at radius 1 is 1.19 bits per heavy atom.